The molecule has 2 aromatic carbocycles. The highest BCUT2D eigenvalue weighted by Crippen LogP contribution is 2.30. The van der Waals surface area contributed by atoms with E-state index in [1.807, 2.05) is 0 Å². The molecular formula is C13H6BrF3N2. The van der Waals surface area contributed by atoms with Crippen molar-refractivity contribution in [2.24, 2.45) is 0 Å². The Morgan fingerprint density at radius 1 is 1.00 bits per heavy atom. The number of benzene rings is 2. The highest BCUT2D eigenvalue weighted by molar-refractivity contribution is 9.10. The second kappa shape index (κ2) is 5.33. The van der Waals surface area contributed by atoms with Gasteiger partial charge in [0, 0.05) is 16.2 Å². The molecule has 0 aromatic heterocycles. The molecule has 19 heavy (non-hydrogen) atoms. The first-order valence-electron chi connectivity index (χ1n) is 5.12. The van der Waals surface area contributed by atoms with Crippen LogP contribution in [0.5, 0.6) is 0 Å². The molecule has 96 valence electrons. The summed E-state index contributed by atoms with van der Waals surface area (Å²) in [7, 11) is 0. The van der Waals surface area contributed by atoms with E-state index in [-0.39, 0.29) is 21.4 Å². The number of halogens is 4. The lowest BCUT2D eigenvalue weighted by Crippen LogP contribution is -1.97. The Morgan fingerprint density at radius 2 is 1.68 bits per heavy atom. The summed E-state index contributed by atoms with van der Waals surface area (Å²) in [5.74, 6) is -2.18. The maximum absolute atomic E-state index is 13.6. The summed E-state index contributed by atoms with van der Waals surface area (Å²) in [6.07, 6.45) is 0. The molecular weight excluding hydrogens is 321 g/mol. The van der Waals surface area contributed by atoms with Crippen molar-refractivity contribution in [1.82, 2.24) is 0 Å². The van der Waals surface area contributed by atoms with Crippen molar-refractivity contribution in [3.05, 3.63) is 57.8 Å². The van der Waals surface area contributed by atoms with E-state index >= 15 is 0 Å². The van der Waals surface area contributed by atoms with E-state index in [1.54, 1.807) is 6.07 Å². The van der Waals surface area contributed by atoms with Gasteiger partial charge in [-0.05, 0) is 40.2 Å². The molecule has 2 rings (SSSR count). The number of hydrogen-bond acceptors (Lipinski definition) is 2. The fourth-order valence-corrected chi connectivity index (χ4v) is 2.04. The summed E-state index contributed by atoms with van der Waals surface area (Å²) in [6, 6.07) is 7.10. The molecule has 0 unspecified atom stereocenters. The van der Waals surface area contributed by atoms with Gasteiger partial charge in [-0.25, -0.2) is 13.2 Å². The lowest BCUT2D eigenvalue weighted by atomic mass is 10.2. The molecule has 0 fully saturated rings. The minimum atomic E-state index is -0.824. The average Bonchev–Trinajstić information content (AvgIpc) is 2.33. The molecule has 0 aliphatic heterocycles. The SMILES string of the molecule is N#Cc1cc(F)cc(Nc2c(F)cc(F)cc2Br)c1. The smallest absolute Gasteiger partial charge is 0.150 e. The van der Waals surface area contributed by atoms with E-state index in [9.17, 15) is 13.2 Å². The van der Waals surface area contributed by atoms with Crippen LogP contribution in [-0.2, 0) is 0 Å². The Labute approximate surface area is 115 Å². The van der Waals surface area contributed by atoms with Gasteiger partial charge in [-0.1, -0.05) is 0 Å². The molecule has 6 heteroatoms. The Balaban J connectivity index is 2.42. The van der Waals surface area contributed by atoms with Gasteiger partial charge in [0.2, 0.25) is 0 Å². The first-order valence-corrected chi connectivity index (χ1v) is 5.91. The van der Waals surface area contributed by atoms with Crippen LogP contribution in [0.4, 0.5) is 24.5 Å². The molecule has 0 aliphatic carbocycles. The summed E-state index contributed by atoms with van der Waals surface area (Å²) in [6.45, 7) is 0. The van der Waals surface area contributed by atoms with Gasteiger partial charge in [0.25, 0.3) is 0 Å². The third-order valence-corrected chi connectivity index (χ3v) is 2.93. The second-order valence-corrected chi connectivity index (χ2v) is 4.56. The largest absolute Gasteiger partial charge is 0.352 e. The molecule has 0 heterocycles. The van der Waals surface area contributed by atoms with Gasteiger partial charge in [-0.2, -0.15) is 5.26 Å². The topological polar surface area (TPSA) is 35.8 Å². The summed E-state index contributed by atoms with van der Waals surface area (Å²) in [5, 5.41) is 11.3. The lowest BCUT2D eigenvalue weighted by molar-refractivity contribution is 0.584. The molecule has 1 N–H and O–H groups in total. The van der Waals surface area contributed by atoms with E-state index in [0.29, 0.717) is 6.07 Å². The molecule has 0 amide bonds. The maximum atomic E-state index is 13.6. The van der Waals surface area contributed by atoms with E-state index < -0.39 is 17.5 Å². The molecule has 0 spiro atoms. The van der Waals surface area contributed by atoms with Crippen molar-refractivity contribution < 1.29 is 13.2 Å². The van der Waals surface area contributed by atoms with Crippen LogP contribution in [-0.4, -0.2) is 0 Å². The summed E-state index contributed by atoms with van der Waals surface area (Å²) < 4.78 is 39.9. The first kappa shape index (κ1) is 13.4. The fraction of sp³-hybridized carbons (Fsp3) is 0. The van der Waals surface area contributed by atoms with Crippen LogP contribution in [0.15, 0.2) is 34.8 Å². The molecule has 2 aromatic rings. The van der Waals surface area contributed by atoms with Crippen molar-refractivity contribution in [3.63, 3.8) is 0 Å². The van der Waals surface area contributed by atoms with Crippen LogP contribution in [0.25, 0.3) is 0 Å². The van der Waals surface area contributed by atoms with Gasteiger partial charge in [0.15, 0.2) is 5.82 Å². The number of rotatable bonds is 2. The van der Waals surface area contributed by atoms with Gasteiger partial charge in [0.05, 0.1) is 17.3 Å². The average molecular weight is 327 g/mol. The third-order valence-electron chi connectivity index (χ3n) is 2.30. The molecule has 0 radical (unpaired) electrons. The monoisotopic (exact) mass is 326 g/mol. The Bertz CT molecular complexity index is 657. The van der Waals surface area contributed by atoms with Crippen molar-refractivity contribution in [2.75, 3.05) is 5.32 Å². The van der Waals surface area contributed by atoms with Gasteiger partial charge < -0.3 is 5.32 Å². The number of nitrogens with zero attached hydrogens (tertiary/aromatic N) is 1. The predicted molar refractivity (Wildman–Crippen MR) is 68.5 cm³/mol. The number of nitriles is 1. The van der Waals surface area contributed by atoms with Crippen molar-refractivity contribution in [3.8, 4) is 6.07 Å². The van der Waals surface area contributed by atoms with Gasteiger partial charge in [0.1, 0.15) is 11.6 Å². The second-order valence-electron chi connectivity index (χ2n) is 3.71. The molecule has 2 nitrogen and oxygen atoms in total. The van der Waals surface area contributed by atoms with E-state index in [1.165, 1.54) is 6.07 Å². The maximum Gasteiger partial charge on any atom is 0.150 e. The summed E-state index contributed by atoms with van der Waals surface area (Å²) in [4.78, 5) is 0. The molecule has 0 saturated heterocycles. The van der Waals surface area contributed by atoms with E-state index in [0.717, 1.165) is 18.2 Å². The number of anilines is 2. The van der Waals surface area contributed by atoms with Gasteiger partial charge in [-0.3, -0.25) is 0 Å². The number of nitrogens with one attached hydrogen (secondary N) is 1. The molecule has 0 saturated carbocycles. The Kier molecular flexibility index (Phi) is 3.76. The van der Waals surface area contributed by atoms with Crippen molar-refractivity contribution in [1.29, 1.82) is 5.26 Å². The van der Waals surface area contributed by atoms with Crippen LogP contribution in [0, 0.1) is 28.8 Å². The highest BCUT2D eigenvalue weighted by Gasteiger charge is 2.10. The Hall–Kier alpha value is -2.00. The normalized spacial score (nSPS) is 10.1. The number of hydrogen-bond donors (Lipinski definition) is 1. The predicted octanol–water partition coefficient (Wildman–Crippen LogP) is 4.48. The highest BCUT2D eigenvalue weighted by atomic mass is 79.9. The lowest BCUT2D eigenvalue weighted by Gasteiger charge is -2.10. The fourth-order valence-electron chi connectivity index (χ4n) is 1.53. The minimum absolute atomic E-state index is 0.0316. The van der Waals surface area contributed by atoms with Crippen molar-refractivity contribution in [2.45, 2.75) is 0 Å². The standard InChI is InChI=1S/C13H6BrF3N2/c14-11-4-9(16)5-12(17)13(11)19-10-2-7(6-18)1-8(15)3-10/h1-5,19H. The van der Waals surface area contributed by atoms with E-state index in [2.05, 4.69) is 21.2 Å². The van der Waals surface area contributed by atoms with Gasteiger partial charge >= 0.3 is 0 Å². The quantitative estimate of drug-likeness (QED) is 0.883. The van der Waals surface area contributed by atoms with Crippen LogP contribution in [0.3, 0.4) is 0 Å². The third kappa shape index (κ3) is 3.06. The van der Waals surface area contributed by atoms with Crippen LogP contribution < -0.4 is 5.32 Å². The molecule has 0 atom stereocenters. The Morgan fingerprint density at radius 3 is 2.32 bits per heavy atom. The van der Waals surface area contributed by atoms with Crippen molar-refractivity contribution >= 4 is 27.3 Å². The molecule has 0 aliphatic rings. The van der Waals surface area contributed by atoms with Crippen LogP contribution in [0.1, 0.15) is 5.56 Å². The minimum Gasteiger partial charge on any atom is -0.352 e. The zero-order valence-electron chi connectivity index (χ0n) is 9.35. The van der Waals surface area contributed by atoms with Gasteiger partial charge in [-0.15, -0.1) is 0 Å². The molecule has 0 bridgehead atoms. The van der Waals surface area contributed by atoms with Crippen LogP contribution >= 0.6 is 15.9 Å². The van der Waals surface area contributed by atoms with Crippen LogP contribution in [0.2, 0.25) is 0 Å². The zero-order valence-corrected chi connectivity index (χ0v) is 10.9. The zero-order chi connectivity index (χ0) is 14.0. The summed E-state index contributed by atoms with van der Waals surface area (Å²) >= 11 is 3.01. The first-order chi connectivity index (χ1) is 8.99. The summed E-state index contributed by atoms with van der Waals surface area (Å²) in [5.41, 5.74) is 0.264. The van der Waals surface area contributed by atoms with E-state index in [4.69, 9.17) is 5.26 Å².